The van der Waals surface area contributed by atoms with Crippen LogP contribution in [0.5, 0.6) is 0 Å². The summed E-state index contributed by atoms with van der Waals surface area (Å²) >= 11 is 0. The molecule has 72 valence electrons. The molecule has 1 aromatic rings. The lowest BCUT2D eigenvalue weighted by Crippen LogP contribution is -1.90. The van der Waals surface area contributed by atoms with Crippen molar-refractivity contribution in [2.45, 2.75) is 13.5 Å². The predicted molar refractivity (Wildman–Crippen MR) is 52.0 cm³/mol. The van der Waals surface area contributed by atoms with Crippen LogP contribution in [-0.2, 0) is 15.7 Å². The molecule has 0 heterocycles. The first-order valence-corrected chi connectivity index (χ1v) is 5.24. The molecule has 0 saturated carbocycles. The molecule has 1 rings (SSSR count). The fraction of sp³-hybridized carbons (Fsp3) is 0.333. The molecule has 0 aliphatic carbocycles. The molecule has 0 aliphatic heterocycles. The van der Waals surface area contributed by atoms with Crippen molar-refractivity contribution >= 4 is 8.60 Å². The molecule has 1 N–H and O–H groups in total. The molecule has 1 aromatic carbocycles. The molecule has 0 amide bonds. The van der Waals surface area contributed by atoms with E-state index in [1.165, 1.54) is 0 Å². The summed E-state index contributed by atoms with van der Waals surface area (Å²) in [6.07, 6.45) is 0. The Labute approximate surface area is 79.3 Å². The Kier molecular flexibility index (Phi) is 4.94. The lowest BCUT2D eigenvalue weighted by molar-refractivity contribution is 0.200. The van der Waals surface area contributed by atoms with Crippen molar-refractivity contribution in [1.29, 1.82) is 0 Å². The Bertz CT molecular complexity index is 228. The zero-order valence-electron chi connectivity index (χ0n) is 7.51. The average molecular weight is 200 g/mol. The second kappa shape index (κ2) is 6.06. The van der Waals surface area contributed by atoms with Crippen molar-refractivity contribution in [3.8, 4) is 0 Å². The van der Waals surface area contributed by atoms with Gasteiger partial charge in [0.25, 0.3) is 0 Å². The minimum atomic E-state index is -1.70. The molecule has 0 aromatic heterocycles. The first-order valence-electron chi connectivity index (χ1n) is 4.11. The van der Waals surface area contributed by atoms with Gasteiger partial charge in [0.05, 0.1) is 13.2 Å². The normalized spacial score (nSPS) is 12.8. The van der Waals surface area contributed by atoms with Crippen LogP contribution in [0, 0.1) is 0 Å². The van der Waals surface area contributed by atoms with Gasteiger partial charge in [-0.1, -0.05) is 30.3 Å². The van der Waals surface area contributed by atoms with Crippen molar-refractivity contribution in [2.24, 2.45) is 0 Å². The molecule has 0 saturated heterocycles. The zero-order chi connectivity index (χ0) is 9.52. The van der Waals surface area contributed by atoms with Gasteiger partial charge in [-0.3, -0.25) is 0 Å². The molecule has 13 heavy (non-hydrogen) atoms. The van der Waals surface area contributed by atoms with Gasteiger partial charge < -0.3 is 13.9 Å². The van der Waals surface area contributed by atoms with E-state index in [2.05, 4.69) is 0 Å². The van der Waals surface area contributed by atoms with Crippen molar-refractivity contribution in [3.05, 3.63) is 35.9 Å². The third kappa shape index (κ3) is 4.34. The SMILES string of the molecule is CCOP(O)OCc1ccccc1. The topological polar surface area (TPSA) is 38.7 Å². The van der Waals surface area contributed by atoms with Crippen LogP contribution in [0.3, 0.4) is 0 Å². The van der Waals surface area contributed by atoms with E-state index in [9.17, 15) is 0 Å². The summed E-state index contributed by atoms with van der Waals surface area (Å²) in [7, 11) is -1.70. The highest BCUT2D eigenvalue weighted by molar-refractivity contribution is 7.40. The van der Waals surface area contributed by atoms with Gasteiger partial charge in [-0.05, 0) is 12.5 Å². The van der Waals surface area contributed by atoms with Gasteiger partial charge in [0.1, 0.15) is 0 Å². The smallest absolute Gasteiger partial charge is 0.328 e. The van der Waals surface area contributed by atoms with Crippen LogP contribution < -0.4 is 0 Å². The van der Waals surface area contributed by atoms with Crippen molar-refractivity contribution < 1.29 is 13.9 Å². The molecular weight excluding hydrogens is 187 g/mol. The Morgan fingerprint density at radius 2 is 1.92 bits per heavy atom. The van der Waals surface area contributed by atoms with E-state index in [1.54, 1.807) is 0 Å². The molecule has 3 nitrogen and oxygen atoms in total. The quantitative estimate of drug-likeness (QED) is 0.742. The highest BCUT2D eigenvalue weighted by atomic mass is 31.2. The van der Waals surface area contributed by atoms with E-state index in [-0.39, 0.29) is 0 Å². The third-order valence-electron chi connectivity index (χ3n) is 1.42. The summed E-state index contributed by atoms with van der Waals surface area (Å²) in [4.78, 5) is 9.13. The predicted octanol–water partition coefficient (Wildman–Crippen LogP) is 2.46. The van der Waals surface area contributed by atoms with Crippen molar-refractivity contribution in [3.63, 3.8) is 0 Å². The van der Waals surface area contributed by atoms with Gasteiger partial charge >= 0.3 is 8.60 Å². The first-order chi connectivity index (χ1) is 6.33. The largest absolute Gasteiger partial charge is 0.330 e. The van der Waals surface area contributed by atoms with E-state index in [0.717, 1.165) is 5.56 Å². The summed E-state index contributed by atoms with van der Waals surface area (Å²) < 4.78 is 9.93. The van der Waals surface area contributed by atoms with Crippen LogP contribution in [0.25, 0.3) is 0 Å². The molecule has 1 atom stereocenters. The molecule has 0 spiro atoms. The highest BCUT2D eigenvalue weighted by Crippen LogP contribution is 2.33. The fourth-order valence-corrected chi connectivity index (χ4v) is 1.41. The van der Waals surface area contributed by atoms with E-state index in [4.69, 9.17) is 13.9 Å². The third-order valence-corrected chi connectivity index (χ3v) is 2.25. The Balaban J connectivity index is 2.27. The minimum absolute atomic E-state index is 0.392. The standard InChI is InChI=1S/C9H13O3P/c1-2-11-13(10)12-8-9-6-4-3-5-7-9/h3-7,10H,2,8H2,1H3. The Morgan fingerprint density at radius 1 is 1.23 bits per heavy atom. The van der Waals surface area contributed by atoms with E-state index in [0.29, 0.717) is 13.2 Å². The van der Waals surface area contributed by atoms with Crippen LogP contribution in [0.1, 0.15) is 12.5 Å². The molecule has 0 radical (unpaired) electrons. The molecular formula is C9H13O3P. The van der Waals surface area contributed by atoms with Crippen molar-refractivity contribution in [1.82, 2.24) is 0 Å². The summed E-state index contributed by atoms with van der Waals surface area (Å²) in [5.74, 6) is 0. The van der Waals surface area contributed by atoms with Crippen LogP contribution in [0.15, 0.2) is 30.3 Å². The first kappa shape index (κ1) is 10.6. The van der Waals surface area contributed by atoms with Gasteiger partial charge in [-0.15, -0.1) is 0 Å². The van der Waals surface area contributed by atoms with Gasteiger partial charge in [-0.2, -0.15) is 0 Å². The lowest BCUT2D eigenvalue weighted by Gasteiger charge is -2.08. The highest BCUT2D eigenvalue weighted by Gasteiger charge is 2.04. The van der Waals surface area contributed by atoms with E-state index >= 15 is 0 Å². The Morgan fingerprint density at radius 3 is 2.54 bits per heavy atom. The maximum absolute atomic E-state index is 9.13. The van der Waals surface area contributed by atoms with E-state index in [1.807, 2.05) is 37.3 Å². The number of hydrogen-bond acceptors (Lipinski definition) is 3. The number of rotatable bonds is 5. The molecule has 0 aliphatic rings. The van der Waals surface area contributed by atoms with Gasteiger partial charge in [0.2, 0.25) is 0 Å². The van der Waals surface area contributed by atoms with Gasteiger partial charge in [-0.25, -0.2) is 0 Å². The molecule has 0 bridgehead atoms. The summed E-state index contributed by atoms with van der Waals surface area (Å²) in [5.41, 5.74) is 1.03. The fourth-order valence-electron chi connectivity index (χ4n) is 0.852. The monoisotopic (exact) mass is 200 g/mol. The van der Waals surface area contributed by atoms with Crippen molar-refractivity contribution in [2.75, 3.05) is 6.61 Å². The minimum Gasteiger partial charge on any atom is -0.328 e. The summed E-state index contributed by atoms with van der Waals surface area (Å²) in [5, 5.41) is 0. The second-order valence-corrected chi connectivity index (χ2v) is 3.41. The van der Waals surface area contributed by atoms with Crippen LogP contribution in [0.2, 0.25) is 0 Å². The summed E-state index contributed by atoms with van der Waals surface area (Å²) in [6, 6.07) is 9.68. The zero-order valence-corrected chi connectivity index (χ0v) is 8.41. The summed E-state index contributed by atoms with van der Waals surface area (Å²) in [6.45, 7) is 2.68. The van der Waals surface area contributed by atoms with Gasteiger partial charge in [0, 0.05) is 0 Å². The van der Waals surface area contributed by atoms with Crippen LogP contribution >= 0.6 is 8.60 Å². The molecule has 1 unspecified atom stereocenters. The maximum atomic E-state index is 9.13. The molecule has 4 heteroatoms. The van der Waals surface area contributed by atoms with Crippen LogP contribution in [0.4, 0.5) is 0 Å². The van der Waals surface area contributed by atoms with Gasteiger partial charge in [0.15, 0.2) is 0 Å². The van der Waals surface area contributed by atoms with Crippen LogP contribution in [-0.4, -0.2) is 11.5 Å². The molecule has 0 fully saturated rings. The van der Waals surface area contributed by atoms with E-state index < -0.39 is 8.60 Å². The number of benzene rings is 1. The lowest BCUT2D eigenvalue weighted by atomic mass is 10.2. The average Bonchev–Trinajstić information content (AvgIpc) is 2.17. The number of hydrogen-bond donors (Lipinski definition) is 1. The second-order valence-electron chi connectivity index (χ2n) is 2.41. The Hall–Kier alpha value is -0.470. The maximum Gasteiger partial charge on any atom is 0.330 e.